The van der Waals surface area contributed by atoms with Crippen molar-refractivity contribution < 1.29 is 0 Å². The Hall–Kier alpha value is -4.62. The van der Waals surface area contributed by atoms with Crippen LogP contribution in [0.4, 0.5) is 17.1 Å². The van der Waals surface area contributed by atoms with E-state index in [4.69, 9.17) is 0 Å². The number of rotatable bonds is 7. The van der Waals surface area contributed by atoms with Crippen molar-refractivity contribution in [2.45, 2.75) is 12.8 Å². The maximum Gasteiger partial charge on any atom is 0.0540 e. The second-order valence-corrected chi connectivity index (χ2v) is 9.40. The van der Waals surface area contributed by atoms with Gasteiger partial charge in [-0.05, 0) is 70.8 Å². The molecule has 1 nitrogen and oxygen atoms in total. The number of aryl methyl sites for hydroxylation is 2. The predicted molar refractivity (Wildman–Crippen MR) is 158 cm³/mol. The van der Waals surface area contributed by atoms with Crippen LogP contribution in [0.3, 0.4) is 0 Å². The molecule has 0 aliphatic heterocycles. The van der Waals surface area contributed by atoms with Crippen LogP contribution in [0.15, 0.2) is 152 Å². The lowest BCUT2D eigenvalue weighted by molar-refractivity contribution is 0.960. The number of fused-ring (bicyclic) bond motifs is 1. The third-order valence-electron chi connectivity index (χ3n) is 6.98. The van der Waals surface area contributed by atoms with E-state index in [-0.39, 0.29) is 0 Å². The Bertz CT molecular complexity index is 1580. The number of hydrogen-bond donors (Lipinski definition) is 0. The monoisotopic (exact) mass is 475 g/mol. The summed E-state index contributed by atoms with van der Waals surface area (Å²) in [5.74, 6) is 0. The van der Waals surface area contributed by atoms with Gasteiger partial charge in [0.1, 0.15) is 0 Å². The summed E-state index contributed by atoms with van der Waals surface area (Å²) < 4.78 is 0. The Balaban J connectivity index is 1.28. The van der Waals surface area contributed by atoms with Crippen molar-refractivity contribution in [1.82, 2.24) is 0 Å². The summed E-state index contributed by atoms with van der Waals surface area (Å²) >= 11 is 0. The van der Waals surface area contributed by atoms with E-state index in [2.05, 4.69) is 157 Å². The van der Waals surface area contributed by atoms with Gasteiger partial charge in [0.15, 0.2) is 0 Å². The second kappa shape index (κ2) is 10.6. The number of hydrogen-bond acceptors (Lipinski definition) is 1. The highest BCUT2D eigenvalue weighted by atomic mass is 15.1. The van der Waals surface area contributed by atoms with Crippen molar-refractivity contribution >= 4 is 27.8 Å². The van der Waals surface area contributed by atoms with Crippen LogP contribution >= 0.6 is 0 Å². The molecule has 0 atom stereocenters. The second-order valence-electron chi connectivity index (χ2n) is 9.40. The van der Waals surface area contributed by atoms with Crippen molar-refractivity contribution in [3.8, 4) is 11.1 Å². The van der Waals surface area contributed by atoms with Crippen molar-refractivity contribution in [3.63, 3.8) is 0 Å². The fourth-order valence-electron chi connectivity index (χ4n) is 5.01. The topological polar surface area (TPSA) is 3.24 Å². The van der Waals surface area contributed by atoms with Gasteiger partial charge in [0, 0.05) is 16.8 Å². The lowest BCUT2D eigenvalue weighted by Gasteiger charge is -2.27. The lowest BCUT2D eigenvalue weighted by Crippen LogP contribution is -2.10. The highest BCUT2D eigenvalue weighted by molar-refractivity contribution is 5.98. The smallest absolute Gasteiger partial charge is 0.0540 e. The quantitative estimate of drug-likeness (QED) is 0.222. The van der Waals surface area contributed by atoms with E-state index in [0.717, 1.165) is 24.2 Å². The van der Waals surface area contributed by atoms with Crippen LogP contribution < -0.4 is 4.90 Å². The van der Waals surface area contributed by atoms with Crippen LogP contribution in [0.2, 0.25) is 0 Å². The molecule has 0 fully saturated rings. The fraction of sp³-hybridized carbons (Fsp3) is 0.0556. The molecule has 178 valence electrons. The highest BCUT2D eigenvalue weighted by Gasteiger charge is 2.15. The molecule has 37 heavy (non-hydrogen) atoms. The van der Waals surface area contributed by atoms with E-state index in [0.29, 0.717) is 0 Å². The Morgan fingerprint density at radius 1 is 0.378 bits per heavy atom. The van der Waals surface area contributed by atoms with E-state index in [1.54, 1.807) is 0 Å². The molecule has 0 radical (unpaired) electrons. The first-order valence-corrected chi connectivity index (χ1v) is 12.9. The SMILES string of the molecule is c1ccc(CCc2ccc(-c3ccc(N(c4ccccc4)c4cccc5ccccc45)cc3)cc2)cc1. The van der Waals surface area contributed by atoms with Gasteiger partial charge in [0.25, 0.3) is 0 Å². The van der Waals surface area contributed by atoms with E-state index in [1.165, 1.54) is 38.7 Å². The maximum absolute atomic E-state index is 2.35. The largest absolute Gasteiger partial charge is 0.310 e. The summed E-state index contributed by atoms with van der Waals surface area (Å²) in [6.45, 7) is 0. The van der Waals surface area contributed by atoms with Crippen LogP contribution in [-0.4, -0.2) is 0 Å². The molecule has 6 aromatic carbocycles. The van der Waals surface area contributed by atoms with Crippen molar-refractivity contribution in [3.05, 3.63) is 163 Å². The Morgan fingerprint density at radius 2 is 0.892 bits per heavy atom. The number of benzene rings is 6. The van der Waals surface area contributed by atoms with Crippen LogP contribution in [0.1, 0.15) is 11.1 Å². The van der Waals surface area contributed by atoms with Gasteiger partial charge in [-0.3, -0.25) is 0 Å². The van der Waals surface area contributed by atoms with Gasteiger partial charge < -0.3 is 4.90 Å². The summed E-state index contributed by atoms with van der Waals surface area (Å²) in [6.07, 6.45) is 2.12. The van der Waals surface area contributed by atoms with Gasteiger partial charge >= 0.3 is 0 Å². The Morgan fingerprint density at radius 3 is 1.59 bits per heavy atom. The third kappa shape index (κ3) is 5.03. The van der Waals surface area contributed by atoms with Crippen molar-refractivity contribution in [2.24, 2.45) is 0 Å². The maximum atomic E-state index is 2.35. The molecule has 0 aromatic heterocycles. The summed E-state index contributed by atoms with van der Waals surface area (Å²) in [5.41, 5.74) is 8.70. The van der Waals surface area contributed by atoms with Gasteiger partial charge in [-0.25, -0.2) is 0 Å². The molecule has 0 saturated carbocycles. The number of anilines is 3. The molecule has 0 aliphatic rings. The number of para-hydroxylation sites is 1. The molecule has 0 amide bonds. The summed E-state index contributed by atoms with van der Waals surface area (Å²) in [7, 11) is 0. The summed E-state index contributed by atoms with van der Waals surface area (Å²) in [4.78, 5) is 2.35. The van der Waals surface area contributed by atoms with E-state index in [1.807, 2.05) is 0 Å². The normalized spacial score (nSPS) is 10.9. The minimum absolute atomic E-state index is 1.06. The zero-order valence-corrected chi connectivity index (χ0v) is 20.8. The molecule has 6 aromatic rings. The molecule has 0 saturated heterocycles. The molecule has 0 unspecified atom stereocenters. The van der Waals surface area contributed by atoms with Crippen molar-refractivity contribution in [1.29, 1.82) is 0 Å². The molecule has 6 rings (SSSR count). The third-order valence-corrected chi connectivity index (χ3v) is 6.98. The summed E-state index contributed by atoms with van der Waals surface area (Å²) in [5, 5.41) is 2.48. The first kappa shape index (κ1) is 22.8. The Labute approximate surface area is 219 Å². The first-order valence-electron chi connectivity index (χ1n) is 12.9. The van der Waals surface area contributed by atoms with Crippen LogP contribution in [-0.2, 0) is 12.8 Å². The standard InChI is InChI=1S/C36H29N/c1-3-10-28(11-4-1)18-19-29-20-22-30(23-21-29)31-24-26-34(27-25-31)37(33-14-5-2-6-15-33)36-17-9-13-32-12-7-8-16-35(32)36/h1-17,20-27H,18-19H2. The van der Waals surface area contributed by atoms with E-state index < -0.39 is 0 Å². The minimum Gasteiger partial charge on any atom is -0.310 e. The van der Waals surface area contributed by atoms with Crippen LogP contribution in [0.5, 0.6) is 0 Å². The molecule has 0 bridgehead atoms. The molecule has 0 aliphatic carbocycles. The van der Waals surface area contributed by atoms with Gasteiger partial charge in [-0.1, -0.05) is 121 Å². The minimum atomic E-state index is 1.06. The lowest BCUT2D eigenvalue weighted by atomic mass is 10.00. The van der Waals surface area contributed by atoms with Crippen LogP contribution in [0, 0.1) is 0 Å². The molecule has 1 heteroatoms. The molecule has 0 N–H and O–H groups in total. The molecular formula is C36H29N. The van der Waals surface area contributed by atoms with Crippen molar-refractivity contribution in [2.75, 3.05) is 4.90 Å². The number of nitrogens with zero attached hydrogens (tertiary/aromatic N) is 1. The molecule has 0 spiro atoms. The average Bonchev–Trinajstić information content (AvgIpc) is 2.98. The molecular weight excluding hydrogens is 446 g/mol. The predicted octanol–water partition coefficient (Wildman–Crippen LogP) is 9.76. The fourth-order valence-corrected chi connectivity index (χ4v) is 5.01. The van der Waals surface area contributed by atoms with Gasteiger partial charge in [0.2, 0.25) is 0 Å². The van der Waals surface area contributed by atoms with Gasteiger partial charge in [-0.15, -0.1) is 0 Å². The van der Waals surface area contributed by atoms with E-state index in [9.17, 15) is 0 Å². The van der Waals surface area contributed by atoms with E-state index >= 15 is 0 Å². The van der Waals surface area contributed by atoms with Gasteiger partial charge in [0.05, 0.1) is 5.69 Å². The van der Waals surface area contributed by atoms with Gasteiger partial charge in [-0.2, -0.15) is 0 Å². The first-order chi connectivity index (χ1) is 18.3. The van der Waals surface area contributed by atoms with Crippen LogP contribution in [0.25, 0.3) is 21.9 Å². The zero-order valence-electron chi connectivity index (χ0n) is 20.8. The summed E-state index contributed by atoms with van der Waals surface area (Å²) in [6, 6.07) is 54.4. The average molecular weight is 476 g/mol. The molecule has 0 heterocycles. The Kier molecular flexibility index (Phi) is 6.51. The zero-order chi connectivity index (χ0) is 24.9. The highest BCUT2D eigenvalue weighted by Crippen LogP contribution is 2.39.